The Kier molecular flexibility index (Phi) is 3.59. The number of pyridine rings is 1. The van der Waals surface area contributed by atoms with Crippen molar-refractivity contribution in [2.24, 2.45) is 0 Å². The third-order valence-electron chi connectivity index (χ3n) is 3.50. The monoisotopic (exact) mass is 317 g/mol. The maximum atomic E-state index is 13.4. The fourth-order valence-corrected chi connectivity index (χ4v) is 2.39. The lowest BCUT2D eigenvalue weighted by Gasteiger charge is -2.10. The minimum atomic E-state index is -0.363. The minimum Gasteiger partial charge on any atom is -0.438 e. The summed E-state index contributed by atoms with van der Waals surface area (Å²) in [6, 6.07) is 17.2. The van der Waals surface area contributed by atoms with Crippen LogP contribution in [-0.4, -0.2) is 15.0 Å². The van der Waals surface area contributed by atoms with Gasteiger partial charge in [0.25, 0.3) is 0 Å². The number of hydrogen-bond acceptors (Lipinski definition) is 4. The predicted molar refractivity (Wildman–Crippen MR) is 89.2 cm³/mol. The Morgan fingerprint density at radius 1 is 0.875 bits per heavy atom. The van der Waals surface area contributed by atoms with Crippen molar-refractivity contribution in [3.63, 3.8) is 0 Å². The molecule has 4 rings (SSSR count). The molecule has 0 amide bonds. The van der Waals surface area contributed by atoms with Gasteiger partial charge in [-0.25, -0.2) is 9.37 Å². The third kappa shape index (κ3) is 2.79. The van der Waals surface area contributed by atoms with Gasteiger partial charge in [0.15, 0.2) is 5.82 Å². The second kappa shape index (κ2) is 6.04. The lowest BCUT2D eigenvalue weighted by molar-refractivity contribution is 0.464. The normalized spacial score (nSPS) is 10.7. The van der Waals surface area contributed by atoms with Crippen molar-refractivity contribution in [3.8, 4) is 23.0 Å². The molecule has 4 aromatic rings. The number of ether oxygens (including phenoxy) is 1. The van der Waals surface area contributed by atoms with E-state index in [0.29, 0.717) is 17.5 Å². The molecule has 0 unspecified atom stereocenters. The van der Waals surface area contributed by atoms with Crippen molar-refractivity contribution < 1.29 is 9.13 Å². The lowest BCUT2D eigenvalue weighted by atomic mass is 10.2. The summed E-state index contributed by atoms with van der Waals surface area (Å²) < 4.78 is 19.2. The summed E-state index contributed by atoms with van der Waals surface area (Å²) in [5, 5.41) is 0.759. The highest BCUT2D eigenvalue weighted by Gasteiger charge is 2.11. The molecule has 0 aliphatic carbocycles. The number of hydrogen-bond donors (Lipinski definition) is 0. The average molecular weight is 317 g/mol. The molecule has 0 aliphatic rings. The van der Waals surface area contributed by atoms with Gasteiger partial charge in [-0.1, -0.05) is 18.2 Å². The first-order valence-corrected chi connectivity index (χ1v) is 7.40. The van der Waals surface area contributed by atoms with E-state index in [1.54, 1.807) is 24.5 Å². The van der Waals surface area contributed by atoms with E-state index in [4.69, 9.17) is 4.74 Å². The van der Waals surface area contributed by atoms with Gasteiger partial charge in [0.1, 0.15) is 11.6 Å². The van der Waals surface area contributed by atoms with E-state index in [1.165, 1.54) is 12.1 Å². The summed E-state index contributed by atoms with van der Waals surface area (Å²) in [6.07, 6.45) is 3.38. The molecule has 4 nitrogen and oxygen atoms in total. The van der Waals surface area contributed by atoms with Crippen LogP contribution in [0.15, 0.2) is 73.1 Å². The Morgan fingerprint density at radius 3 is 2.62 bits per heavy atom. The molecular weight excluding hydrogens is 305 g/mol. The molecule has 0 fully saturated rings. The Hall–Kier alpha value is -3.34. The van der Waals surface area contributed by atoms with Crippen LogP contribution < -0.4 is 4.74 Å². The number of rotatable bonds is 3. The van der Waals surface area contributed by atoms with E-state index in [1.807, 2.05) is 36.4 Å². The van der Waals surface area contributed by atoms with Gasteiger partial charge >= 0.3 is 0 Å². The van der Waals surface area contributed by atoms with Crippen LogP contribution in [0.4, 0.5) is 4.39 Å². The molecule has 0 aliphatic heterocycles. The molecule has 0 bridgehead atoms. The number of nitrogens with zero attached hydrogens (tertiary/aromatic N) is 3. The topological polar surface area (TPSA) is 47.9 Å². The van der Waals surface area contributed by atoms with Gasteiger partial charge in [0.05, 0.1) is 10.9 Å². The summed E-state index contributed by atoms with van der Waals surface area (Å²) in [5.74, 6) is 0.910. The van der Waals surface area contributed by atoms with E-state index < -0.39 is 0 Å². The van der Waals surface area contributed by atoms with E-state index >= 15 is 0 Å². The largest absolute Gasteiger partial charge is 0.438 e. The Labute approximate surface area is 137 Å². The summed E-state index contributed by atoms with van der Waals surface area (Å²) in [6.45, 7) is 0. The summed E-state index contributed by atoms with van der Waals surface area (Å²) in [7, 11) is 0. The van der Waals surface area contributed by atoms with Crippen LogP contribution in [0.1, 0.15) is 0 Å². The molecule has 0 spiro atoms. The first kappa shape index (κ1) is 14.3. The maximum absolute atomic E-state index is 13.4. The van der Waals surface area contributed by atoms with Crippen LogP contribution in [0.3, 0.4) is 0 Å². The summed E-state index contributed by atoms with van der Waals surface area (Å²) in [5.41, 5.74) is 1.53. The number of benzene rings is 2. The van der Waals surface area contributed by atoms with Crippen molar-refractivity contribution >= 4 is 10.9 Å². The molecule has 2 aromatic heterocycles. The number of aromatic nitrogens is 3. The van der Waals surface area contributed by atoms with E-state index in [9.17, 15) is 4.39 Å². The van der Waals surface area contributed by atoms with Crippen LogP contribution in [-0.2, 0) is 0 Å². The Morgan fingerprint density at radius 2 is 1.79 bits per heavy atom. The quantitative estimate of drug-likeness (QED) is 0.553. The predicted octanol–water partition coefficient (Wildman–Crippen LogP) is 4.62. The van der Waals surface area contributed by atoms with Crippen molar-refractivity contribution in [3.05, 3.63) is 78.9 Å². The molecule has 2 heterocycles. The van der Waals surface area contributed by atoms with Gasteiger partial charge < -0.3 is 4.74 Å². The molecule has 2 aromatic carbocycles. The highest BCUT2D eigenvalue weighted by Crippen LogP contribution is 2.30. The van der Waals surface area contributed by atoms with E-state index in [-0.39, 0.29) is 5.82 Å². The molecule has 0 saturated heterocycles. The molecule has 24 heavy (non-hydrogen) atoms. The SMILES string of the molecule is Fc1cccc(Oc2nc(-c3cccnc3)nc3ccccc23)c1. The van der Waals surface area contributed by atoms with Gasteiger partial charge in [0, 0.05) is 24.0 Å². The van der Waals surface area contributed by atoms with Crippen LogP contribution >= 0.6 is 0 Å². The highest BCUT2D eigenvalue weighted by atomic mass is 19.1. The smallest absolute Gasteiger partial charge is 0.230 e. The average Bonchev–Trinajstić information content (AvgIpc) is 2.62. The second-order valence-electron chi connectivity index (χ2n) is 5.17. The van der Waals surface area contributed by atoms with Crippen LogP contribution in [0.5, 0.6) is 11.6 Å². The van der Waals surface area contributed by atoms with Crippen LogP contribution in [0, 0.1) is 5.82 Å². The van der Waals surface area contributed by atoms with Crippen LogP contribution in [0.25, 0.3) is 22.3 Å². The second-order valence-corrected chi connectivity index (χ2v) is 5.17. The molecule has 5 heteroatoms. The van der Waals surface area contributed by atoms with Crippen molar-refractivity contribution in [1.82, 2.24) is 15.0 Å². The maximum Gasteiger partial charge on any atom is 0.230 e. The van der Waals surface area contributed by atoms with E-state index in [2.05, 4.69) is 15.0 Å². The molecule has 0 atom stereocenters. The standard InChI is InChI=1S/C19H12FN3O/c20-14-6-3-7-15(11-14)24-19-16-8-1-2-9-17(16)22-18(23-19)13-5-4-10-21-12-13/h1-12H. The summed E-state index contributed by atoms with van der Waals surface area (Å²) in [4.78, 5) is 13.2. The van der Waals surface area contributed by atoms with Gasteiger partial charge in [0.2, 0.25) is 5.88 Å². The Balaban J connectivity index is 1.86. The molecule has 0 radical (unpaired) electrons. The third-order valence-corrected chi connectivity index (χ3v) is 3.50. The molecule has 0 saturated carbocycles. The fourth-order valence-electron chi connectivity index (χ4n) is 2.39. The van der Waals surface area contributed by atoms with Gasteiger partial charge in [-0.2, -0.15) is 4.98 Å². The summed E-state index contributed by atoms with van der Waals surface area (Å²) >= 11 is 0. The molecule has 116 valence electrons. The van der Waals surface area contributed by atoms with Crippen LogP contribution in [0.2, 0.25) is 0 Å². The first-order chi connectivity index (χ1) is 11.8. The van der Waals surface area contributed by atoms with Gasteiger partial charge in [-0.3, -0.25) is 4.98 Å². The number of para-hydroxylation sites is 1. The first-order valence-electron chi connectivity index (χ1n) is 7.40. The van der Waals surface area contributed by atoms with E-state index in [0.717, 1.165) is 16.5 Å². The van der Waals surface area contributed by atoms with Crippen molar-refractivity contribution in [2.45, 2.75) is 0 Å². The van der Waals surface area contributed by atoms with Gasteiger partial charge in [-0.05, 0) is 36.4 Å². The lowest BCUT2D eigenvalue weighted by Crippen LogP contribution is -1.96. The van der Waals surface area contributed by atoms with Gasteiger partial charge in [-0.15, -0.1) is 0 Å². The van der Waals surface area contributed by atoms with Crippen molar-refractivity contribution in [2.75, 3.05) is 0 Å². The zero-order chi connectivity index (χ0) is 16.4. The highest BCUT2D eigenvalue weighted by molar-refractivity contribution is 5.85. The zero-order valence-electron chi connectivity index (χ0n) is 12.6. The van der Waals surface area contributed by atoms with Crippen molar-refractivity contribution in [1.29, 1.82) is 0 Å². The number of fused-ring (bicyclic) bond motifs is 1. The minimum absolute atomic E-state index is 0.363. The zero-order valence-corrected chi connectivity index (χ0v) is 12.6. The Bertz CT molecular complexity index is 1010. The fraction of sp³-hybridized carbons (Fsp3) is 0. The number of halogens is 1. The molecule has 0 N–H and O–H groups in total. The molecular formula is C19H12FN3O.